The van der Waals surface area contributed by atoms with Crippen LogP contribution in [-0.2, 0) is 11.2 Å². The third kappa shape index (κ3) is 5.66. The molecule has 2 aromatic carbocycles. The van der Waals surface area contributed by atoms with E-state index in [1.54, 1.807) is 7.11 Å². The van der Waals surface area contributed by atoms with E-state index in [-0.39, 0.29) is 24.3 Å². The van der Waals surface area contributed by atoms with Crippen LogP contribution in [-0.4, -0.2) is 28.0 Å². The zero-order chi connectivity index (χ0) is 21.5. The van der Waals surface area contributed by atoms with Gasteiger partial charge >= 0.3 is 0 Å². The lowest BCUT2D eigenvalue weighted by molar-refractivity contribution is -0.121. The molecular formula is C22H26N6O2. The molecule has 0 spiro atoms. The Balaban J connectivity index is 1.61. The van der Waals surface area contributed by atoms with Crippen molar-refractivity contribution in [3.8, 4) is 5.75 Å². The van der Waals surface area contributed by atoms with Crippen molar-refractivity contribution in [1.29, 1.82) is 0 Å². The molecule has 0 aliphatic carbocycles. The first-order valence-corrected chi connectivity index (χ1v) is 9.71. The fourth-order valence-corrected chi connectivity index (χ4v) is 3.07. The molecule has 8 heteroatoms. The van der Waals surface area contributed by atoms with Crippen molar-refractivity contribution in [3.05, 3.63) is 65.5 Å². The number of nitrogens with two attached hydrogens (primary N) is 1. The Morgan fingerprint density at radius 3 is 2.63 bits per heavy atom. The number of carbonyl (C=O) groups is 1. The van der Waals surface area contributed by atoms with Crippen LogP contribution in [0.2, 0.25) is 0 Å². The van der Waals surface area contributed by atoms with Crippen LogP contribution in [0.5, 0.6) is 5.75 Å². The molecule has 1 heterocycles. The summed E-state index contributed by atoms with van der Waals surface area (Å²) in [6.45, 7) is 3.93. The summed E-state index contributed by atoms with van der Waals surface area (Å²) in [5, 5.41) is 6.09. The number of nitrogens with zero attached hydrogens (tertiary/aromatic N) is 3. The van der Waals surface area contributed by atoms with Crippen molar-refractivity contribution in [1.82, 2.24) is 20.3 Å². The molecule has 0 aliphatic rings. The van der Waals surface area contributed by atoms with Gasteiger partial charge in [0.2, 0.25) is 17.8 Å². The molecule has 1 atom stereocenters. The quantitative estimate of drug-likeness (QED) is 0.525. The predicted molar refractivity (Wildman–Crippen MR) is 117 cm³/mol. The Bertz CT molecular complexity index is 1010. The summed E-state index contributed by atoms with van der Waals surface area (Å²) < 4.78 is 5.41. The van der Waals surface area contributed by atoms with Crippen LogP contribution >= 0.6 is 0 Å². The Labute approximate surface area is 175 Å². The number of carbonyl (C=O) groups excluding carboxylic acids is 1. The molecule has 0 radical (unpaired) electrons. The molecule has 30 heavy (non-hydrogen) atoms. The van der Waals surface area contributed by atoms with Crippen molar-refractivity contribution in [3.63, 3.8) is 0 Å². The number of nitrogens with one attached hydrogen (secondary N) is 2. The highest BCUT2D eigenvalue weighted by atomic mass is 16.5. The van der Waals surface area contributed by atoms with Gasteiger partial charge < -0.3 is 21.1 Å². The zero-order valence-corrected chi connectivity index (χ0v) is 17.3. The molecule has 0 saturated heterocycles. The Hall–Kier alpha value is -3.68. The fraction of sp³-hybridized carbons (Fsp3) is 0.273. The molecule has 3 aromatic rings. The van der Waals surface area contributed by atoms with E-state index in [1.165, 1.54) is 0 Å². The molecule has 156 valence electrons. The average Bonchev–Trinajstić information content (AvgIpc) is 2.72. The maximum atomic E-state index is 12.5. The van der Waals surface area contributed by atoms with Crippen LogP contribution in [0.25, 0.3) is 0 Å². The van der Waals surface area contributed by atoms with Crippen LogP contribution in [0.4, 0.5) is 17.6 Å². The van der Waals surface area contributed by atoms with Crippen LogP contribution in [0.1, 0.15) is 36.3 Å². The van der Waals surface area contributed by atoms with Gasteiger partial charge in [0.05, 0.1) is 13.2 Å². The lowest BCUT2D eigenvalue weighted by Gasteiger charge is -2.18. The van der Waals surface area contributed by atoms with E-state index >= 15 is 0 Å². The second-order valence-electron chi connectivity index (χ2n) is 6.96. The first-order chi connectivity index (χ1) is 14.4. The van der Waals surface area contributed by atoms with Crippen molar-refractivity contribution >= 4 is 23.5 Å². The van der Waals surface area contributed by atoms with Crippen LogP contribution < -0.4 is 21.1 Å². The van der Waals surface area contributed by atoms with Crippen LogP contribution in [0, 0.1) is 6.92 Å². The number of anilines is 3. The lowest BCUT2D eigenvalue weighted by Crippen LogP contribution is -2.27. The van der Waals surface area contributed by atoms with Crippen molar-refractivity contribution in [2.75, 3.05) is 18.2 Å². The van der Waals surface area contributed by atoms with Gasteiger partial charge in [-0.1, -0.05) is 35.9 Å². The number of hydrogen-bond donors (Lipinski definition) is 3. The summed E-state index contributed by atoms with van der Waals surface area (Å²) in [6, 6.07) is 15.2. The summed E-state index contributed by atoms with van der Waals surface area (Å²) in [7, 11) is 1.62. The standard InChI is InChI=1S/C22H26N6O2/c1-14-9-10-18(30-3)17(13-14)15(2)24-20(29)12-11-19-26-21(23)28-22(27-19)25-16-7-5-4-6-8-16/h4-10,13,15H,11-12H2,1-3H3,(H,24,29)(H3,23,25,26,27,28). The third-order valence-electron chi connectivity index (χ3n) is 4.53. The van der Waals surface area contributed by atoms with Gasteiger partial charge in [0, 0.05) is 24.1 Å². The zero-order valence-electron chi connectivity index (χ0n) is 17.3. The Kier molecular flexibility index (Phi) is 6.79. The number of hydrogen-bond acceptors (Lipinski definition) is 7. The highest BCUT2D eigenvalue weighted by Gasteiger charge is 2.15. The summed E-state index contributed by atoms with van der Waals surface area (Å²) in [5.41, 5.74) is 8.68. The van der Waals surface area contributed by atoms with Gasteiger partial charge in [-0.3, -0.25) is 4.79 Å². The summed E-state index contributed by atoms with van der Waals surface area (Å²) in [5.74, 6) is 1.55. The third-order valence-corrected chi connectivity index (χ3v) is 4.53. The SMILES string of the molecule is COc1ccc(C)cc1C(C)NC(=O)CCc1nc(N)nc(Nc2ccccc2)n1. The lowest BCUT2D eigenvalue weighted by atomic mass is 10.0. The topological polar surface area (TPSA) is 115 Å². The fourth-order valence-electron chi connectivity index (χ4n) is 3.07. The van der Waals surface area contributed by atoms with E-state index in [1.807, 2.05) is 62.4 Å². The van der Waals surface area contributed by atoms with Gasteiger partial charge in [-0.25, -0.2) is 0 Å². The number of rotatable bonds is 8. The molecule has 0 bridgehead atoms. The van der Waals surface area contributed by atoms with Gasteiger partial charge in [0.25, 0.3) is 0 Å². The van der Waals surface area contributed by atoms with E-state index in [0.717, 1.165) is 22.6 Å². The molecule has 0 aliphatic heterocycles. The second-order valence-corrected chi connectivity index (χ2v) is 6.96. The number of aromatic nitrogens is 3. The number of para-hydroxylation sites is 1. The van der Waals surface area contributed by atoms with E-state index in [9.17, 15) is 4.79 Å². The summed E-state index contributed by atoms with van der Waals surface area (Å²) >= 11 is 0. The van der Waals surface area contributed by atoms with Gasteiger partial charge in [0.1, 0.15) is 11.6 Å². The Morgan fingerprint density at radius 2 is 1.90 bits per heavy atom. The molecule has 0 fully saturated rings. The van der Waals surface area contributed by atoms with Crippen molar-refractivity contribution in [2.45, 2.75) is 32.7 Å². The molecule has 4 N–H and O–H groups in total. The van der Waals surface area contributed by atoms with Crippen LogP contribution in [0.15, 0.2) is 48.5 Å². The number of nitrogen functional groups attached to an aromatic ring is 1. The normalized spacial score (nSPS) is 11.6. The van der Waals surface area contributed by atoms with E-state index in [2.05, 4.69) is 25.6 Å². The first kappa shape index (κ1) is 21.0. The number of methoxy groups -OCH3 is 1. The van der Waals surface area contributed by atoms with Gasteiger partial charge in [-0.05, 0) is 32.0 Å². The maximum absolute atomic E-state index is 12.5. The molecule has 1 unspecified atom stereocenters. The number of ether oxygens (including phenoxy) is 1. The molecular weight excluding hydrogens is 380 g/mol. The van der Waals surface area contributed by atoms with E-state index < -0.39 is 0 Å². The van der Waals surface area contributed by atoms with E-state index in [4.69, 9.17) is 10.5 Å². The van der Waals surface area contributed by atoms with E-state index in [0.29, 0.717) is 18.2 Å². The number of aryl methyl sites for hydroxylation is 2. The highest BCUT2D eigenvalue weighted by Crippen LogP contribution is 2.26. The largest absolute Gasteiger partial charge is 0.496 e. The summed E-state index contributed by atoms with van der Waals surface area (Å²) in [6.07, 6.45) is 0.576. The van der Waals surface area contributed by atoms with Gasteiger partial charge in [-0.2, -0.15) is 15.0 Å². The minimum atomic E-state index is -0.189. The van der Waals surface area contributed by atoms with Gasteiger partial charge in [-0.15, -0.1) is 0 Å². The maximum Gasteiger partial charge on any atom is 0.232 e. The monoisotopic (exact) mass is 406 g/mol. The van der Waals surface area contributed by atoms with Crippen LogP contribution in [0.3, 0.4) is 0 Å². The summed E-state index contributed by atoms with van der Waals surface area (Å²) in [4.78, 5) is 25.1. The molecule has 1 amide bonds. The Morgan fingerprint density at radius 1 is 1.13 bits per heavy atom. The molecule has 0 saturated carbocycles. The average molecular weight is 406 g/mol. The van der Waals surface area contributed by atoms with Gasteiger partial charge in [0.15, 0.2) is 0 Å². The molecule has 3 rings (SSSR count). The smallest absolute Gasteiger partial charge is 0.232 e. The minimum absolute atomic E-state index is 0.108. The number of amides is 1. The highest BCUT2D eigenvalue weighted by molar-refractivity contribution is 5.76. The van der Waals surface area contributed by atoms with Crippen molar-refractivity contribution < 1.29 is 9.53 Å². The predicted octanol–water partition coefficient (Wildman–Crippen LogP) is 3.32. The number of benzene rings is 2. The first-order valence-electron chi connectivity index (χ1n) is 9.71. The molecule has 8 nitrogen and oxygen atoms in total. The second kappa shape index (κ2) is 9.69. The minimum Gasteiger partial charge on any atom is -0.496 e. The molecule has 1 aromatic heterocycles. The van der Waals surface area contributed by atoms with Crippen molar-refractivity contribution in [2.24, 2.45) is 0 Å².